The molecule has 0 unspecified atom stereocenters. The number of benzene rings is 1. The molecule has 1 aliphatic heterocycles. The molecule has 4 rings (SSSR count). The molecule has 2 aliphatic rings. The van der Waals surface area contributed by atoms with E-state index in [0.29, 0.717) is 17.1 Å². The van der Waals surface area contributed by atoms with Crippen LogP contribution in [-0.2, 0) is 17.6 Å². The van der Waals surface area contributed by atoms with Gasteiger partial charge in [0.15, 0.2) is 0 Å². The lowest BCUT2D eigenvalue weighted by Crippen LogP contribution is -2.46. The van der Waals surface area contributed by atoms with Gasteiger partial charge in [-0.25, -0.2) is 0 Å². The van der Waals surface area contributed by atoms with Crippen molar-refractivity contribution in [1.82, 2.24) is 10.2 Å². The highest BCUT2D eigenvalue weighted by atomic mass is 32.1. The summed E-state index contributed by atoms with van der Waals surface area (Å²) in [5.74, 6) is -0.180. The minimum absolute atomic E-state index is 0.0464. The van der Waals surface area contributed by atoms with E-state index in [1.165, 1.54) is 4.88 Å². The lowest BCUT2D eigenvalue weighted by molar-refractivity contribution is -0.117. The molecule has 6 nitrogen and oxygen atoms in total. The summed E-state index contributed by atoms with van der Waals surface area (Å²) in [5, 5.41) is 10.1. The summed E-state index contributed by atoms with van der Waals surface area (Å²) in [6.07, 6.45) is 4.11. The van der Waals surface area contributed by atoms with Crippen molar-refractivity contribution < 1.29 is 9.59 Å². The molecule has 0 bridgehead atoms. The summed E-state index contributed by atoms with van der Waals surface area (Å²) in [7, 11) is 0. The number of amides is 2. The van der Waals surface area contributed by atoms with Crippen LogP contribution in [0.15, 0.2) is 24.3 Å². The molecule has 0 radical (unpaired) electrons. The van der Waals surface area contributed by atoms with Gasteiger partial charge in [0.05, 0.1) is 12.1 Å². The van der Waals surface area contributed by atoms with E-state index in [9.17, 15) is 9.59 Å². The molecule has 1 fully saturated rings. The van der Waals surface area contributed by atoms with E-state index >= 15 is 0 Å². The largest absolute Gasteiger partial charge is 0.322 e. The average molecular weight is 413 g/mol. The van der Waals surface area contributed by atoms with Crippen LogP contribution in [0.1, 0.15) is 39.2 Å². The Morgan fingerprint density at radius 2 is 1.79 bits per heavy atom. The van der Waals surface area contributed by atoms with Gasteiger partial charge in [-0.3, -0.25) is 14.5 Å². The number of hydrogen-bond donors (Lipinski definition) is 3. The fraction of sp³-hybridized carbons (Fsp3) is 0.455. The van der Waals surface area contributed by atoms with Crippen LogP contribution in [0.3, 0.4) is 0 Å². The first-order chi connectivity index (χ1) is 14.1. The maximum Gasteiger partial charge on any atom is 0.258 e. The second-order valence-corrected chi connectivity index (χ2v) is 8.91. The molecular weight excluding hydrogens is 384 g/mol. The minimum atomic E-state index is -0.134. The van der Waals surface area contributed by atoms with Crippen LogP contribution in [0.5, 0.6) is 0 Å². The zero-order valence-corrected chi connectivity index (χ0v) is 17.7. The summed E-state index contributed by atoms with van der Waals surface area (Å²) in [4.78, 5) is 29.2. The Hall–Kier alpha value is -2.22. The van der Waals surface area contributed by atoms with E-state index in [-0.39, 0.29) is 11.8 Å². The minimum Gasteiger partial charge on any atom is -0.322 e. The van der Waals surface area contributed by atoms with Gasteiger partial charge in [0.25, 0.3) is 5.91 Å². The number of aryl methyl sites for hydroxylation is 2. The van der Waals surface area contributed by atoms with Gasteiger partial charge in [-0.1, -0.05) is 17.7 Å². The highest BCUT2D eigenvalue weighted by Crippen LogP contribution is 2.38. The van der Waals surface area contributed by atoms with Crippen LogP contribution in [0.2, 0.25) is 0 Å². The molecule has 2 amide bonds. The van der Waals surface area contributed by atoms with Crippen molar-refractivity contribution in [1.29, 1.82) is 0 Å². The third kappa shape index (κ3) is 4.86. The van der Waals surface area contributed by atoms with Crippen LogP contribution >= 0.6 is 11.3 Å². The Bertz CT molecular complexity index is 885. The Balaban J connectivity index is 1.53. The zero-order chi connectivity index (χ0) is 20.2. The van der Waals surface area contributed by atoms with Crippen molar-refractivity contribution in [2.75, 3.05) is 43.4 Å². The molecule has 1 aromatic carbocycles. The van der Waals surface area contributed by atoms with E-state index in [4.69, 9.17) is 0 Å². The number of fused-ring (bicyclic) bond motifs is 1. The lowest BCUT2D eigenvalue weighted by Gasteiger charge is -2.26. The first-order valence-electron chi connectivity index (χ1n) is 10.4. The van der Waals surface area contributed by atoms with Crippen LogP contribution in [0.4, 0.5) is 10.7 Å². The van der Waals surface area contributed by atoms with Crippen molar-refractivity contribution in [3.63, 3.8) is 0 Å². The molecule has 2 heterocycles. The maximum absolute atomic E-state index is 13.1. The van der Waals surface area contributed by atoms with Gasteiger partial charge in [0, 0.05) is 36.7 Å². The number of thiophene rings is 1. The summed E-state index contributed by atoms with van der Waals surface area (Å²) in [5.41, 5.74) is 3.69. The fourth-order valence-corrected chi connectivity index (χ4v) is 5.27. The quantitative estimate of drug-likeness (QED) is 0.706. The standard InChI is InChI=1S/C22H28N4O2S/c1-15-6-8-16(9-7-15)24-21(28)20-17-4-2-3-5-18(17)29-22(20)25-19(27)14-26-12-10-23-11-13-26/h6-9,23H,2-5,10-14H2,1H3,(H,24,28)(H,25,27). The average Bonchev–Trinajstić information content (AvgIpc) is 3.08. The molecule has 7 heteroatoms. The second kappa shape index (κ2) is 9.07. The van der Waals surface area contributed by atoms with E-state index in [1.807, 2.05) is 31.2 Å². The molecule has 2 aromatic rings. The number of hydrogen-bond acceptors (Lipinski definition) is 5. The van der Waals surface area contributed by atoms with Gasteiger partial charge >= 0.3 is 0 Å². The van der Waals surface area contributed by atoms with Gasteiger partial charge in [-0.05, 0) is 50.3 Å². The SMILES string of the molecule is Cc1ccc(NC(=O)c2c(NC(=O)CN3CCNCC3)sc3c2CCCC3)cc1. The molecule has 0 saturated carbocycles. The molecule has 0 atom stereocenters. The molecule has 1 aliphatic carbocycles. The van der Waals surface area contributed by atoms with Crippen LogP contribution < -0.4 is 16.0 Å². The van der Waals surface area contributed by atoms with E-state index < -0.39 is 0 Å². The number of carbonyl (C=O) groups is 2. The van der Waals surface area contributed by atoms with E-state index in [2.05, 4.69) is 20.9 Å². The molecule has 1 saturated heterocycles. The smallest absolute Gasteiger partial charge is 0.258 e. The van der Waals surface area contributed by atoms with Gasteiger partial charge < -0.3 is 16.0 Å². The third-order valence-electron chi connectivity index (χ3n) is 5.54. The molecular formula is C22H28N4O2S. The Morgan fingerprint density at radius 3 is 2.55 bits per heavy atom. The highest BCUT2D eigenvalue weighted by molar-refractivity contribution is 7.17. The maximum atomic E-state index is 13.1. The van der Waals surface area contributed by atoms with Gasteiger partial charge in [0.1, 0.15) is 5.00 Å². The predicted octanol–water partition coefficient (Wildman–Crippen LogP) is 3.03. The zero-order valence-electron chi connectivity index (χ0n) is 16.8. The van der Waals surface area contributed by atoms with Crippen molar-refractivity contribution in [2.45, 2.75) is 32.6 Å². The van der Waals surface area contributed by atoms with Crippen LogP contribution in [0.25, 0.3) is 0 Å². The topological polar surface area (TPSA) is 73.5 Å². The van der Waals surface area contributed by atoms with Crippen LogP contribution in [-0.4, -0.2) is 49.4 Å². The molecule has 3 N–H and O–H groups in total. The van der Waals surface area contributed by atoms with E-state index in [1.54, 1.807) is 11.3 Å². The number of rotatable bonds is 5. The molecule has 0 spiro atoms. The van der Waals surface area contributed by atoms with Crippen molar-refractivity contribution in [3.05, 3.63) is 45.8 Å². The van der Waals surface area contributed by atoms with Crippen LogP contribution in [0, 0.1) is 6.92 Å². The molecule has 1 aromatic heterocycles. The Labute approximate surface area is 175 Å². The number of anilines is 2. The number of nitrogens with zero attached hydrogens (tertiary/aromatic N) is 1. The predicted molar refractivity (Wildman–Crippen MR) is 118 cm³/mol. The van der Waals surface area contributed by atoms with E-state index in [0.717, 1.165) is 68.7 Å². The fourth-order valence-electron chi connectivity index (χ4n) is 3.96. The number of nitrogens with one attached hydrogen (secondary N) is 3. The summed E-state index contributed by atoms with van der Waals surface area (Å²) in [6, 6.07) is 7.78. The summed E-state index contributed by atoms with van der Waals surface area (Å²) < 4.78 is 0. The van der Waals surface area contributed by atoms with Gasteiger partial charge in [-0.2, -0.15) is 0 Å². The summed E-state index contributed by atoms with van der Waals surface area (Å²) in [6.45, 7) is 5.94. The van der Waals surface area contributed by atoms with Crippen molar-refractivity contribution in [2.24, 2.45) is 0 Å². The first-order valence-corrected chi connectivity index (χ1v) is 11.2. The molecule has 29 heavy (non-hydrogen) atoms. The van der Waals surface area contributed by atoms with Gasteiger partial charge in [0.2, 0.25) is 5.91 Å². The lowest BCUT2D eigenvalue weighted by atomic mass is 9.95. The van der Waals surface area contributed by atoms with Crippen molar-refractivity contribution >= 4 is 33.8 Å². The molecule has 154 valence electrons. The Kier molecular flexibility index (Phi) is 6.28. The van der Waals surface area contributed by atoms with Crippen molar-refractivity contribution in [3.8, 4) is 0 Å². The highest BCUT2D eigenvalue weighted by Gasteiger charge is 2.27. The third-order valence-corrected chi connectivity index (χ3v) is 6.74. The normalized spacial score (nSPS) is 16.9. The number of piperazine rings is 1. The van der Waals surface area contributed by atoms with Gasteiger partial charge in [-0.15, -0.1) is 11.3 Å². The second-order valence-electron chi connectivity index (χ2n) is 7.81. The Morgan fingerprint density at radius 1 is 1.07 bits per heavy atom. The number of carbonyl (C=O) groups excluding carboxylic acids is 2. The first kappa shape index (κ1) is 20.1. The summed E-state index contributed by atoms with van der Waals surface area (Å²) >= 11 is 1.57. The monoisotopic (exact) mass is 412 g/mol.